The van der Waals surface area contributed by atoms with E-state index in [2.05, 4.69) is 6.07 Å². The van der Waals surface area contributed by atoms with Crippen LogP contribution in [0, 0.1) is 11.3 Å². The first-order valence-corrected chi connectivity index (χ1v) is 6.87. The van der Waals surface area contributed by atoms with Crippen LogP contribution in [0.3, 0.4) is 0 Å². The van der Waals surface area contributed by atoms with Crippen molar-refractivity contribution < 1.29 is 9.53 Å². The third-order valence-corrected chi connectivity index (χ3v) is 3.20. The molecule has 2 rings (SSSR count). The Morgan fingerprint density at radius 3 is 2.85 bits per heavy atom. The summed E-state index contributed by atoms with van der Waals surface area (Å²) >= 11 is 0. The number of nitrogen functional groups attached to an aromatic ring is 1. The maximum atomic E-state index is 12.5. The molecule has 0 spiro atoms. The highest BCUT2D eigenvalue weighted by Gasteiger charge is 2.32. The highest BCUT2D eigenvalue weighted by atomic mass is 16.5. The molecule has 1 fully saturated rings. The van der Waals surface area contributed by atoms with Crippen molar-refractivity contribution in [3.63, 3.8) is 0 Å². The van der Waals surface area contributed by atoms with Crippen LogP contribution in [-0.2, 0) is 0 Å². The molecule has 0 bridgehead atoms. The second-order valence-electron chi connectivity index (χ2n) is 4.86. The van der Waals surface area contributed by atoms with Crippen LogP contribution >= 0.6 is 0 Å². The van der Waals surface area contributed by atoms with Gasteiger partial charge in [-0.05, 0) is 31.9 Å². The first-order valence-electron chi connectivity index (χ1n) is 6.87. The Morgan fingerprint density at radius 2 is 2.25 bits per heavy atom. The summed E-state index contributed by atoms with van der Waals surface area (Å²) in [6.45, 7) is 2.88. The van der Waals surface area contributed by atoms with Crippen molar-refractivity contribution >= 4 is 11.6 Å². The fourth-order valence-electron chi connectivity index (χ4n) is 2.17. The molecule has 0 unspecified atom stereocenters. The fraction of sp³-hybridized carbons (Fsp3) is 0.467. The Balaban J connectivity index is 2.19. The second-order valence-corrected chi connectivity index (χ2v) is 4.86. The molecule has 5 nitrogen and oxygen atoms in total. The predicted octanol–water partition coefficient (Wildman–Crippen LogP) is 2.19. The van der Waals surface area contributed by atoms with Crippen LogP contribution < -0.4 is 10.5 Å². The smallest absolute Gasteiger partial charge is 0.254 e. The Labute approximate surface area is 118 Å². The van der Waals surface area contributed by atoms with Gasteiger partial charge in [-0.2, -0.15) is 5.26 Å². The van der Waals surface area contributed by atoms with E-state index in [1.165, 1.54) is 0 Å². The lowest BCUT2D eigenvalue weighted by Crippen LogP contribution is -2.34. The molecule has 0 atom stereocenters. The molecule has 0 aliphatic heterocycles. The van der Waals surface area contributed by atoms with Crippen molar-refractivity contribution in [1.82, 2.24) is 4.90 Å². The number of hydrogen-bond donors (Lipinski definition) is 1. The van der Waals surface area contributed by atoms with E-state index in [4.69, 9.17) is 15.7 Å². The molecule has 1 amide bonds. The summed E-state index contributed by atoms with van der Waals surface area (Å²) in [5.74, 6) is 0.530. The van der Waals surface area contributed by atoms with Gasteiger partial charge in [0.2, 0.25) is 0 Å². The van der Waals surface area contributed by atoms with Gasteiger partial charge in [-0.1, -0.05) is 0 Å². The molecule has 1 aromatic carbocycles. The van der Waals surface area contributed by atoms with Crippen molar-refractivity contribution in [2.45, 2.75) is 32.2 Å². The number of hydrogen-bond acceptors (Lipinski definition) is 4. The van der Waals surface area contributed by atoms with Crippen molar-refractivity contribution in [2.24, 2.45) is 0 Å². The number of nitrogens with zero attached hydrogens (tertiary/aromatic N) is 2. The predicted molar refractivity (Wildman–Crippen MR) is 76.3 cm³/mol. The molecule has 0 aromatic heterocycles. The van der Waals surface area contributed by atoms with Crippen molar-refractivity contribution in [3.8, 4) is 11.8 Å². The highest BCUT2D eigenvalue weighted by molar-refractivity contribution is 5.96. The summed E-state index contributed by atoms with van der Waals surface area (Å²) in [6, 6.07) is 7.44. The molecule has 5 heteroatoms. The summed E-state index contributed by atoms with van der Waals surface area (Å²) in [4.78, 5) is 14.3. The van der Waals surface area contributed by atoms with E-state index in [0.717, 1.165) is 12.8 Å². The number of anilines is 1. The summed E-state index contributed by atoms with van der Waals surface area (Å²) in [6.07, 6.45) is 2.37. The Bertz CT molecular complexity index is 532. The topological polar surface area (TPSA) is 79.3 Å². The first-order chi connectivity index (χ1) is 9.65. The average molecular weight is 273 g/mol. The van der Waals surface area contributed by atoms with Crippen LogP contribution in [0.1, 0.15) is 36.5 Å². The van der Waals surface area contributed by atoms with Crippen LogP contribution in [-0.4, -0.2) is 30.0 Å². The lowest BCUT2D eigenvalue weighted by Gasteiger charge is -2.21. The van der Waals surface area contributed by atoms with E-state index in [1.54, 1.807) is 23.1 Å². The molecule has 1 saturated carbocycles. The van der Waals surface area contributed by atoms with Gasteiger partial charge in [0, 0.05) is 29.9 Å². The first kappa shape index (κ1) is 14.2. The standard InChI is InChI=1S/C15H19N3O2/c1-2-20-14-9-11(8-12(17)10-14)15(19)18(7-3-6-16)13-4-5-13/h8-10,13H,2-5,7,17H2,1H3. The quantitative estimate of drug-likeness (QED) is 0.806. The number of ether oxygens (including phenoxy) is 1. The van der Waals surface area contributed by atoms with Gasteiger partial charge in [0.05, 0.1) is 19.1 Å². The number of carbonyl (C=O) groups excluding carboxylic acids is 1. The molecular weight excluding hydrogens is 254 g/mol. The minimum atomic E-state index is -0.0731. The van der Waals surface area contributed by atoms with Gasteiger partial charge >= 0.3 is 0 Å². The highest BCUT2D eigenvalue weighted by Crippen LogP contribution is 2.29. The number of rotatable bonds is 6. The lowest BCUT2D eigenvalue weighted by atomic mass is 10.1. The molecule has 0 radical (unpaired) electrons. The fourth-order valence-corrected chi connectivity index (χ4v) is 2.17. The van der Waals surface area contributed by atoms with E-state index < -0.39 is 0 Å². The number of carbonyl (C=O) groups is 1. The molecule has 1 aromatic rings. The zero-order chi connectivity index (χ0) is 14.5. The largest absolute Gasteiger partial charge is 0.494 e. The number of benzene rings is 1. The van der Waals surface area contributed by atoms with Gasteiger partial charge in [-0.15, -0.1) is 0 Å². The summed E-state index contributed by atoms with van der Waals surface area (Å²) in [5.41, 5.74) is 6.85. The van der Waals surface area contributed by atoms with Gasteiger partial charge in [0.15, 0.2) is 0 Å². The molecule has 1 aliphatic carbocycles. The van der Waals surface area contributed by atoms with Gasteiger partial charge in [-0.3, -0.25) is 4.79 Å². The van der Waals surface area contributed by atoms with Gasteiger partial charge < -0.3 is 15.4 Å². The Kier molecular flexibility index (Phi) is 4.46. The van der Waals surface area contributed by atoms with E-state index >= 15 is 0 Å². The Morgan fingerprint density at radius 1 is 1.50 bits per heavy atom. The summed E-state index contributed by atoms with van der Waals surface area (Å²) < 4.78 is 5.41. The minimum Gasteiger partial charge on any atom is -0.494 e. The number of nitriles is 1. The van der Waals surface area contributed by atoms with Crippen LogP contribution in [0.4, 0.5) is 5.69 Å². The lowest BCUT2D eigenvalue weighted by molar-refractivity contribution is 0.0746. The van der Waals surface area contributed by atoms with Gasteiger partial charge in [0.25, 0.3) is 5.91 Å². The third kappa shape index (κ3) is 3.41. The van der Waals surface area contributed by atoms with Crippen molar-refractivity contribution in [1.29, 1.82) is 5.26 Å². The second kappa shape index (κ2) is 6.29. The molecule has 1 aliphatic rings. The molecule has 0 heterocycles. The third-order valence-electron chi connectivity index (χ3n) is 3.20. The summed E-state index contributed by atoms with van der Waals surface area (Å²) in [7, 11) is 0. The van der Waals surface area contributed by atoms with Crippen molar-refractivity contribution in [3.05, 3.63) is 23.8 Å². The number of amides is 1. The van der Waals surface area contributed by atoms with Gasteiger partial charge in [0.1, 0.15) is 5.75 Å². The van der Waals surface area contributed by atoms with E-state index in [9.17, 15) is 4.79 Å². The normalized spacial score (nSPS) is 13.6. The monoisotopic (exact) mass is 273 g/mol. The van der Waals surface area contributed by atoms with Crippen LogP contribution in [0.25, 0.3) is 0 Å². The molecular formula is C15H19N3O2. The Hall–Kier alpha value is -2.22. The van der Waals surface area contributed by atoms with Crippen LogP contribution in [0.2, 0.25) is 0 Å². The average Bonchev–Trinajstić information content (AvgIpc) is 3.23. The minimum absolute atomic E-state index is 0.0731. The number of nitrogens with two attached hydrogens (primary N) is 1. The molecule has 0 saturated heterocycles. The van der Waals surface area contributed by atoms with Gasteiger partial charge in [-0.25, -0.2) is 0 Å². The molecule has 2 N–H and O–H groups in total. The maximum Gasteiger partial charge on any atom is 0.254 e. The van der Waals surface area contributed by atoms with E-state index in [-0.39, 0.29) is 11.9 Å². The van der Waals surface area contributed by atoms with E-state index in [0.29, 0.717) is 36.6 Å². The maximum absolute atomic E-state index is 12.5. The summed E-state index contributed by atoms with van der Waals surface area (Å²) in [5, 5.41) is 8.70. The van der Waals surface area contributed by atoms with Crippen molar-refractivity contribution in [2.75, 3.05) is 18.9 Å². The molecule has 106 valence electrons. The SMILES string of the molecule is CCOc1cc(N)cc(C(=O)N(CCC#N)C2CC2)c1. The molecule has 20 heavy (non-hydrogen) atoms. The van der Waals surface area contributed by atoms with E-state index in [1.807, 2.05) is 6.92 Å². The van der Waals surface area contributed by atoms with Crippen LogP contribution in [0.5, 0.6) is 5.75 Å². The zero-order valence-electron chi connectivity index (χ0n) is 11.6. The van der Waals surface area contributed by atoms with Crippen LogP contribution in [0.15, 0.2) is 18.2 Å². The zero-order valence-corrected chi connectivity index (χ0v) is 11.6.